The highest BCUT2D eigenvalue weighted by Crippen LogP contribution is 2.29. The van der Waals surface area contributed by atoms with E-state index in [4.69, 9.17) is 9.84 Å². The first-order chi connectivity index (χ1) is 10.7. The minimum Gasteiger partial charge on any atom is -0.478 e. The van der Waals surface area contributed by atoms with Crippen molar-refractivity contribution in [3.8, 4) is 11.6 Å². The van der Waals surface area contributed by atoms with E-state index in [9.17, 15) is 4.79 Å². The lowest BCUT2D eigenvalue weighted by atomic mass is 10.1. The molecule has 0 aliphatic carbocycles. The third kappa shape index (κ3) is 3.16. The molecule has 3 rings (SSSR count). The van der Waals surface area contributed by atoms with E-state index in [0.717, 1.165) is 31.7 Å². The summed E-state index contributed by atoms with van der Waals surface area (Å²) in [5.74, 6) is 0.779. The van der Waals surface area contributed by atoms with Gasteiger partial charge in [0.1, 0.15) is 5.75 Å². The van der Waals surface area contributed by atoms with Gasteiger partial charge in [-0.15, -0.1) is 0 Å². The summed E-state index contributed by atoms with van der Waals surface area (Å²) in [4.78, 5) is 21.7. The maximum atomic E-state index is 10.9. The van der Waals surface area contributed by atoms with Crippen molar-refractivity contribution < 1.29 is 14.6 Å². The molecule has 2 aromatic rings. The summed E-state index contributed by atoms with van der Waals surface area (Å²) in [7, 11) is 0. The molecule has 0 saturated carbocycles. The van der Waals surface area contributed by atoms with Crippen LogP contribution in [0.15, 0.2) is 36.7 Å². The van der Waals surface area contributed by atoms with Crippen molar-refractivity contribution in [3.05, 3.63) is 42.2 Å². The topological polar surface area (TPSA) is 75.5 Å². The second-order valence-corrected chi connectivity index (χ2v) is 5.16. The van der Waals surface area contributed by atoms with Gasteiger partial charge in [0.05, 0.1) is 5.56 Å². The normalized spacial score (nSPS) is 14.6. The number of benzene rings is 1. The lowest BCUT2D eigenvalue weighted by Gasteiger charge is -2.28. The van der Waals surface area contributed by atoms with Crippen molar-refractivity contribution >= 4 is 11.8 Å². The fraction of sp³-hybridized carbons (Fsp3) is 0.312. The number of piperidine rings is 1. The first kappa shape index (κ1) is 14.3. The van der Waals surface area contributed by atoms with E-state index in [1.54, 1.807) is 24.5 Å². The van der Waals surface area contributed by atoms with Gasteiger partial charge in [-0.25, -0.2) is 14.8 Å². The van der Waals surface area contributed by atoms with E-state index < -0.39 is 5.97 Å². The lowest BCUT2D eigenvalue weighted by Crippen LogP contribution is -2.30. The zero-order valence-corrected chi connectivity index (χ0v) is 12.1. The molecule has 1 aliphatic rings. The van der Waals surface area contributed by atoms with Gasteiger partial charge < -0.3 is 14.7 Å². The molecule has 1 aromatic carbocycles. The minimum atomic E-state index is -0.958. The molecule has 2 heterocycles. The van der Waals surface area contributed by atoms with Crippen LogP contribution in [0.25, 0.3) is 0 Å². The second-order valence-electron chi connectivity index (χ2n) is 5.16. The molecule has 114 valence electrons. The molecule has 6 nitrogen and oxygen atoms in total. The molecular weight excluding hydrogens is 282 g/mol. The van der Waals surface area contributed by atoms with Crippen molar-refractivity contribution in [2.45, 2.75) is 19.3 Å². The van der Waals surface area contributed by atoms with Crippen LogP contribution < -0.4 is 9.64 Å². The van der Waals surface area contributed by atoms with E-state index in [0.29, 0.717) is 11.6 Å². The van der Waals surface area contributed by atoms with E-state index in [1.807, 2.05) is 0 Å². The number of aromatic carboxylic acids is 1. The Balaban J connectivity index is 1.81. The maximum absolute atomic E-state index is 10.9. The molecule has 1 saturated heterocycles. The van der Waals surface area contributed by atoms with Crippen LogP contribution in [0.5, 0.6) is 11.6 Å². The predicted octanol–water partition coefficient (Wildman–Crippen LogP) is 2.96. The Morgan fingerprint density at radius 3 is 2.41 bits per heavy atom. The first-order valence-electron chi connectivity index (χ1n) is 7.31. The summed E-state index contributed by atoms with van der Waals surface area (Å²) in [6.45, 7) is 1.90. The number of nitrogens with zero attached hydrogens (tertiary/aromatic N) is 3. The summed E-state index contributed by atoms with van der Waals surface area (Å²) < 4.78 is 5.79. The first-order valence-corrected chi connectivity index (χ1v) is 7.31. The van der Waals surface area contributed by atoms with Crippen molar-refractivity contribution in [1.29, 1.82) is 0 Å². The van der Waals surface area contributed by atoms with Gasteiger partial charge in [0, 0.05) is 25.5 Å². The van der Waals surface area contributed by atoms with Gasteiger partial charge in [0.25, 0.3) is 5.88 Å². The van der Waals surface area contributed by atoms with Crippen LogP contribution in [0.2, 0.25) is 0 Å². The highest BCUT2D eigenvalue weighted by Gasteiger charge is 2.18. The van der Waals surface area contributed by atoms with Gasteiger partial charge in [0.2, 0.25) is 0 Å². The van der Waals surface area contributed by atoms with Crippen LogP contribution in [0.1, 0.15) is 29.6 Å². The molecule has 6 heteroatoms. The standard InChI is InChI=1S/C16H17N3O3/c20-16(21)12-4-6-13(7-5-12)22-15-14(17-8-9-18-15)19-10-2-1-3-11-19/h4-9H,1-3,10-11H2,(H,20,21). The Morgan fingerprint density at radius 1 is 1.05 bits per heavy atom. The predicted molar refractivity (Wildman–Crippen MR) is 81.6 cm³/mol. The Labute approximate surface area is 128 Å². The minimum absolute atomic E-state index is 0.225. The zero-order chi connectivity index (χ0) is 15.4. The fourth-order valence-electron chi connectivity index (χ4n) is 2.49. The average Bonchev–Trinajstić information content (AvgIpc) is 2.57. The number of carboxylic acids is 1. The van der Waals surface area contributed by atoms with E-state index in [1.165, 1.54) is 18.6 Å². The summed E-state index contributed by atoms with van der Waals surface area (Å²) in [6.07, 6.45) is 6.77. The van der Waals surface area contributed by atoms with Crippen molar-refractivity contribution in [2.24, 2.45) is 0 Å². The molecular formula is C16H17N3O3. The van der Waals surface area contributed by atoms with Crippen LogP contribution in [-0.4, -0.2) is 34.1 Å². The van der Waals surface area contributed by atoms with Gasteiger partial charge in [-0.2, -0.15) is 0 Å². The molecule has 1 fully saturated rings. The monoisotopic (exact) mass is 299 g/mol. The largest absolute Gasteiger partial charge is 0.478 e. The molecule has 0 bridgehead atoms. The number of carbonyl (C=O) groups is 1. The van der Waals surface area contributed by atoms with Crippen molar-refractivity contribution in [2.75, 3.05) is 18.0 Å². The van der Waals surface area contributed by atoms with E-state index in [-0.39, 0.29) is 5.56 Å². The summed E-state index contributed by atoms with van der Waals surface area (Å²) in [6, 6.07) is 6.26. The maximum Gasteiger partial charge on any atom is 0.335 e. The third-order valence-electron chi connectivity index (χ3n) is 3.62. The van der Waals surface area contributed by atoms with Gasteiger partial charge in [-0.1, -0.05) is 0 Å². The summed E-state index contributed by atoms with van der Waals surface area (Å²) in [5, 5.41) is 8.91. The quantitative estimate of drug-likeness (QED) is 0.935. The Bertz CT molecular complexity index is 652. The Morgan fingerprint density at radius 2 is 1.73 bits per heavy atom. The molecule has 0 amide bonds. The highest BCUT2D eigenvalue weighted by atomic mass is 16.5. The lowest BCUT2D eigenvalue weighted by molar-refractivity contribution is 0.0697. The number of hydrogen-bond donors (Lipinski definition) is 1. The molecule has 0 spiro atoms. The summed E-state index contributed by atoms with van der Waals surface area (Å²) in [5.41, 5.74) is 0.225. The Hall–Kier alpha value is -2.63. The number of anilines is 1. The molecule has 0 radical (unpaired) electrons. The third-order valence-corrected chi connectivity index (χ3v) is 3.62. The average molecular weight is 299 g/mol. The molecule has 0 atom stereocenters. The SMILES string of the molecule is O=C(O)c1ccc(Oc2nccnc2N2CCCCC2)cc1. The zero-order valence-electron chi connectivity index (χ0n) is 12.1. The number of carboxylic acid groups (broad SMARTS) is 1. The molecule has 22 heavy (non-hydrogen) atoms. The van der Waals surface area contributed by atoms with Crippen LogP contribution in [0.4, 0.5) is 5.82 Å². The molecule has 0 unspecified atom stereocenters. The fourth-order valence-corrected chi connectivity index (χ4v) is 2.49. The number of hydrogen-bond acceptors (Lipinski definition) is 5. The van der Waals surface area contributed by atoms with Crippen LogP contribution in [0.3, 0.4) is 0 Å². The van der Waals surface area contributed by atoms with Gasteiger partial charge in [0.15, 0.2) is 5.82 Å². The van der Waals surface area contributed by atoms with Gasteiger partial charge in [-0.05, 0) is 43.5 Å². The molecule has 1 aliphatic heterocycles. The number of ether oxygens (including phenoxy) is 1. The van der Waals surface area contributed by atoms with Crippen LogP contribution in [-0.2, 0) is 0 Å². The van der Waals surface area contributed by atoms with Crippen LogP contribution >= 0.6 is 0 Å². The van der Waals surface area contributed by atoms with Crippen LogP contribution in [0, 0.1) is 0 Å². The number of aromatic nitrogens is 2. The highest BCUT2D eigenvalue weighted by molar-refractivity contribution is 5.87. The van der Waals surface area contributed by atoms with E-state index in [2.05, 4.69) is 14.9 Å². The second kappa shape index (κ2) is 6.43. The Kier molecular flexibility index (Phi) is 4.18. The van der Waals surface area contributed by atoms with Gasteiger partial charge >= 0.3 is 5.97 Å². The number of rotatable bonds is 4. The molecule has 1 aromatic heterocycles. The van der Waals surface area contributed by atoms with Crippen molar-refractivity contribution in [3.63, 3.8) is 0 Å². The smallest absolute Gasteiger partial charge is 0.335 e. The van der Waals surface area contributed by atoms with Crippen molar-refractivity contribution in [1.82, 2.24) is 9.97 Å². The molecule has 1 N–H and O–H groups in total. The van der Waals surface area contributed by atoms with Gasteiger partial charge in [-0.3, -0.25) is 0 Å². The summed E-state index contributed by atoms with van der Waals surface area (Å²) >= 11 is 0. The van der Waals surface area contributed by atoms with E-state index >= 15 is 0 Å².